The van der Waals surface area contributed by atoms with Crippen LogP contribution >= 0.6 is 0 Å². The number of rotatable bonds is 7. The van der Waals surface area contributed by atoms with Crippen LogP contribution in [-0.2, 0) is 4.79 Å². The Morgan fingerprint density at radius 1 is 1.11 bits per heavy atom. The lowest BCUT2D eigenvalue weighted by Crippen LogP contribution is -2.54. The van der Waals surface area contributed by atoms with E-state index in [0.717, 1.165) is 11.6 Å². The van der Waals surface area contributed by atoms with Crippen LogP contribution in [0, 0.1) is 11.6 Å². The van der Waals surface area contributed by atoms with Crippen LogP contribution in [-0.4, -0.2) is 51.0 Å². The predicted molar refractivity (Wildman–Crippen MR) is 172 cm³/mol. The molecule has 0 radical (unpaired) electrons. The lowest BCUT2D eigenvalue weighted by Gasteiger charge is -2.40. The molecule has 1 aliphatic rings. The predicted octanol–water partition coefficient (Wildman–Crippen LogP) is 6.84. The molecule has 1 amide bonds. The van der Waals surface area contributed by atoms with Gasteiger partial charge in [0.15, 0.2) is 0 Å². The van der Waals surface area contributed by atoms with Gasteiger partial charge in [-0.15, -0.1) is 0 Å². The number of aromatic nitrogens is 3. The van der Waals surface area contributed by atoms with Gasteiger partial charge in [0, 0.05) is 48.4 Å². The van der Waals surface area contributed by atoms with Gasteiger partial charge in [-0.2, -0.15) is 4.98 Å². The number of hydrogen-bond donors (Lipinski definition) is 0. The molecule has 0 saturated carbocycles. The third-order valence-electron chi connectivity index (χ3n) is 8.19. The second-order valence-corrected chi connectivity index (χ2v) is 11.7. The minimum absolute atomic E-state index is 0.0108. The van der Waals surface area contributed by atoms with Crippen molar-refractivity contribution in [1.29, 1.82) is 0 Å². The first-order chi connectivity index (χ1) is 21.8. The molecular weight excluding hydrogens is 560 g/mol. The zero-order chi connectivity index (χ0) is 33.4. The first-order valence-electron chi connectivity index (χ1n) is 15.7. The molecule has 2 aromatic carbocycles. The van der Waals surface area contributed by atoms with Gasteiger partial charge in [-0.1, -0.05) is 59.0 Å². The van der Waals surface area contributed by atoms with Crippen molar-refractivity contribution >= 4 is 28.7 Å². The molecule has 0 N–H and O–H groups in total. The average molecular weight is 600 g/mol. The lowest BCUT2D eigenvalue weighted by molar-refractivity contribution is -0.126. The van der Waals surface area contributed by atoms with Gasteiger partial charge in [0.2, 0.25) is 5.91 Å². The van der Waals surface area contributed by atoms with E-state index in [0.29, 0.717) is 41.9 Å². The normalized spacial score (nSPS) is 15.9. The number of nitrogens with zero attached hydrogens (tertiary/aromatic N) is 5. The Balaban J connectivity index is 1.89. The van der Waals surface area contributed by atoms with E-state index in [1.807, 2.05) is 45.6 Å². The summed E-state index contributed by atoms with van der Waals surface area (Å²) < 4.78 is 48.6. The van der Waals surface area contributed by atoms with E-state index >= 15 is 8.78 Å². The molecule has 0 aliphatic carbocycles. The zero-order valence-electron chi connectivity index (χ0n) is 27.6. The second kappa shape index (κ2) is 12.1. The van der Waals surface area contributed by atoms with Gasteiger partial charge in [-0.25, -0.2) is 13.6 Å². The Bertz CT molecular complexity index is 1910. The fraction of sp³-hybridized carbons (Fsp3) is 0.314. The summed E-state index contributed by atoms with van der Waals surface area (Å²) in [4.78, 5) is 39.3. The van der Waals surface area contributed by atoms with Crippen LogP contribution < -0.4 is 10.6 Å². The van der Waals surface area contributed by atoms with Crippen molar-refractivity contribution in [1.82, 2.24) is 19.4 Å². The Morgan fingerprint density at radius 2 is 1.89 bits per heavy atom. The van der Waals surface area contributed by atoms with Crippen molar-refractivity contribution in [2.24, 2.45) is 0 Å². The van der Waals surface area contributed by atoms with E-state index < -0.39 is 23.9 Å². The maximum Gasteiger partial charge on any atom is 0.354 e. The van der Waals surface area contributed by atoms with E-state index in [4.69, 9.17) is 2.74 Å². The molecule has 5 rings (SSSR count). The van der Waals surface area contributed by atoms with Gasteiger partial charge in [-0.3, -0.25) is 14.3 Å². The molecule has 4 aromatic rings. The minimum Gasteiger partial charge on any atom is -0.350 e. The number of fused-ring (bicyclic) bond motifs is 1. The first kappa shape index (κ1) is 28.1. The summed E-state index contributed by atoms with van der Waals surface area (Å²) in [7, 11) is 0. The maximum atomic E-state index is 16.3. The first-order valence-corrected chi connectivity index (χ1v) is 14.7. The van der Waals surface area contributed by atoms with E-state index in [1.165, 1.54) is 41.0 Å². The number of halogens is 2. The molecule has 2 aromatic heterocycles. The highest BCUT2D eigenvalue weighted by atomic mass is 19.1. The zero-order valence-corrected chi connectivity index (χ0v) is 25.6. The Kier molecular flexibility index (Phi) is 7.77. The minimum atomic E-state index is -0.760. The number of anilines is 1. The molecule has 1 fully saturated rings. The van der Waals surface area contributed by atoms with E-state index in [-0.39, 0.29) is 46.3 Å². The van der Waals surface area contributed by atoms with Gasteiger partial charge in [0.05, 0.1) is 19.6 Å². The topological polar surface area (TPSA) is 71.3 Å². The van der Waals surface area contributed by atoms with Crippen LogP contribution in [0.15, 0.2) is 66.6 Å². The Morgan fingerprint density at radius 3 is 2.55 bits per heavy atom. The summed E-state index contributed by atoms with van der Waals surface area (Å²) in [6.45, 7) is 13.9. The molecule has 1 saturated heterocycles. The highest BCUT2D eigenvalue weighted by molar-refractivity contribution is 5.95. The number of pyridine rings is 1. The molecule has 44 heavy (non-hydrogen) atoms. The third kappa shape index (κ3) is 5.31. The molecule has 1 aliphatic heterocycles. The van der Waals surface area contributed by atoms with Crippen molar-refractivity contribution in [2.45, 2.75) is 52.5 Å². The fourth-order valence-corrected chi connectivity index (χ4v) is 6.02. The van der Waals surface area contributed by atoms with Crippen LogP contribution in [0.4, 0.5) is 14.6 Å². The highest BCUT2D eigenvalue weighted by Gasteiger charge is 2.30. The number of piperazine rings is 1. The average Bonchev–Trinajstić information content (AvgIpc) is 3.00. The summed E-state index contributed by atoms with van der Waals surface area (Å²) in [5.74, 6) is -1.53. The molecular formula is C35H37F2N5O2. The van der Waals surface area contributed by atoms with Crippen molar-refractivity contribution in [3.63, 3.8) is 0 Å². The number of amides is 1. The van der Waals surface area contributed by atoms with E-state index in [9.17, 15) is 9.59 Å². The standard InChI is InChI=1S/C35H37F2N5O2/c1-8-23-11-10-12-27(36)31(23)25-18-29-26(17-28(25)37)34(41-16-15-40(19-22(41)7)30(43)9-2)39-35(44)42(29)33-24(20(3)4)13-14-38-32(33)21(5)6/h8-14,17-18,20-22H,1-2,15-16,19H2,3-7H3/t22-/m0/s1/i1D2. The summed E-state index contributed by atoms with van der Waals surface area (Å²) >= 11 is 0. The maximum absolute atomic E-state index is 16.3. The van der Waals surface area contributed by atoms with E-state index in [1.54, 1.807) is 11.1 Å². The highest BCUT2D eigenvalue weighted by Crippen LogP contribution is 2.38. The fourth-order valence-electron chi connectivity index (χ4n) is 6.02. The van der Waals surface area contributed by atoms with Crippen LogP contribution in [0.25, 0.3) is 33.8 Å². The smallest absolute Gasteiger partial charge is 0.350 e. The quantitative estimate of drug-likeness (QED) is 0.218. The lowest BCUT2D eigenvalue weighted by atomic mass is 9.95. The van der Waals surface area contributed by atoms with E-state index in [2.05, 4.69) is 16.5 Å². The van der Waals surface area contributed by atoms with Crippen molar-refractivity contribution in [3.8, 4) is 16.8 Å². The summed E-state index contributed by atoms with van der Waals surface area (Å²) in [6.07, 6.45) is 4.11. The monoisotopic (exact) mass is 599 g/mol. The second-order valence-electron chi connectivity index (χ2n) is 11.7. The summed E-state index contributed by atoms with van der Waals surface area (Å²) in [6, 6.07) is 8.43. The number of hydrogen-bond acceptors (Lipinski definition) is 5. The molecule has 3 heterocycles. The van der Waals surface area contributed by atoms with Gasteiger partial charge >= 0.3 is 5.69 Å². The van der Waals surface area contributed by atoms with Gasteiger partial charge in [0.1, 0.15) is 17.5 Å². The molecule has 1 atom stereocenters. The SMILES string of the molecule is [2H]C([2H])=Cc1cccc(F)c1-c1cc2c(cc1F)c(N1CCN(C(=O)C=C)C[C@@H]1C)nc(=O)n2-c1c(C(C)C)ccnc1C(C)C. The van der Waals surface area contributed by atoms with Crippen molar-refractivity contribution < 1.29 is 16.3 Å². The molecule has 228 valence electrons. The third-order valence-corrected chi connectivity index (χ3v) is 8.19. The number of carbonyl (C=O) groups is 1. The Labute approximate surface area is 259 Å². The Hall–Kier alpha value is -4.66. The molecule has 7 nitrogen and oxygen atoms in total. The van der Waals surface area contributed by atoms with Crippen molar-refractivity contribution in [2.75, 3.05) is 24.5 Å². The summed E-state index contributed by atoms with van der Waals surface area (Å²) in [5, 5.41) is 0.333. The number of carbonyl (C=O) groups excluding carboxylic acids is 1. The summed E-state index contributed by atoms with van der Waals surface area (Å²) in [5.41, 5.74) is 1.64. The van der Waals surface area contributed by atoms with Crippen LogP contribution in [0.3, 0.4) is 0 Å². The van der Waals surface area contributed by atoms with Gasteiger partial charge in [0.25, 0.3) is 0 Å². The molecule has 9 heteroatoms. The molecule has 0 bridgehead atoms. The molecule has 0 spiro atoms. The molecule has 0 unspecified atom stereocenters. The largest absolute Gasteiger partial charge is 0.354 e. The van der Waals surface area contributed by atoms with Gasteiger partial charge in [-0.05, 0) is 60.2 Å². The van der Waals surface area contributed by atoms with Crippen LogP contribution in [0.2, 0.25) is 0 Å². The number of benzene rings is 2. The van der Waals surface area contributed by atoms with Gasteiger partial charge < -0.3 is 9.80 Å². The van der Waals surface area contributed by atoms with Crippen LogP contribution in [0.1, 0.15) is 66.0 Å². The van der Waals surface area contributed by atoms with Crippen LogP contribution in [0.5, 0.6) is 0 Å². The van der Waals surface area contributed by atoms with Crippen molar-refractivity contribution in [3.05, 3.63) is 101 Å².